The quantitative estimate of drug-likeness (QED) is 0.499. The average Bonchev–Trinajstić information content (AvgIpc) is 3.04. The Balaban J connectivity index is 1.39. The van der Waals surface area contributed by atoms with Gasteiger partial charge in [0.1, 0.15) is 5.60 Å². The van der Waals surface area contributed by atoms with Crippen molar-refractivity contribution in [2.45, 2.75) is 63.7 Å². The van der Waals surface area contributed by atoms with Crippen molar-refractivity contribution in [3.63, 3.8) is 0 Å². The summed E-state index contributed by atoms with van der Waals surface area (Å²) in [5.41, 5.74) is 2.85. The number of amides is 2. The van der Waals surface area contributed by atoms with Gasteiger partial charge in [-0.05, 0) is 69.7 Å². The van der Waals surface area contributed by atoms with Gasteiger partial charge in [-0.25, -0.2) is 0 Å². The van der Waals surface area contributed by atoms with Crippen LogP contribution in [0.3, 0.4) is 0 Å². The number of fused-ring (bicyclic) bond motifs is 2. The van der Waals surface area contributed by atoms with Crippen LogP contribution in [0.1, 0.15) is 77.9 Å². The number of imide groups is 1. The fourth-order valence-corrected chi connectivity index (χ4v) is 5.66. The molecule has 3 heterocycles. The van der Waals surface area contributed by atoms with Gasteiger partial charge in [0, 0.05) is 13.1 Å². The van der Waals surface area contributed by atoms with Crippen LogP contribution >= 0.6 is 0 Å². The zero-order chi connectivity index (χ0) is 23.9. The van der Waals surface area contributed by atoms with Gasteiger partial charge in [0.05, 0.1) is 29.3 Å². The molecule has 0 aliphatic carbocycles. The van der Waals surface area contributed by atoms with E-state index in [-0.39, 0.29) is 23.5 Å². The van der Waals surface area contributed by atoms with Gasteiger partial charge in [-0.2, -0.15) is 0 Å². The molecule has 2 atom stereocenters. The predicted octanol–water partition coefficient (Wildman–Crippen LogP) is 4.62. The number of hydrogen-bond acceptors (Lipinski definition) is 4. The Hall–Kier alpha value is -2.94. The van der Waals surface area contributed by atoms with Crippen molar-refractivity contribution in [1.82, 2.24) is 9.80 Å². The Morgan fingerprint density at radius 2 is 1.65 bits per heavy atom. The molecule has 1 saturated heterocycles. The number of hydrogen-bond donors (Lipinski definition) is 0. The Kier molecular flexibility index (Phi) is 5.83. The van der Waals surface area contributed by atoms with Gasteiger partial charge in [0.15, 0.2) is 0 Å². The first-order valence-corrected chi connectivity index (χ1v) is 12.2. The van der Waals surface area contributed by atoms with Crippen LogP contribution in [0.25, 0.3) is 0 Å². The van der Waals surface area contributed by atoms with Crippen molar-refractivity contribution in [3.8, 4) is 11.8 Å². The topological polar surface area (TPSA) is 49.9 Å². The Morgan fingerprint density at radius 1 is 0.971 bits per heavy atom. The van der Waals surface area contributed by atoms with Crippen LogP contribution < -0.4 is 0 Å². The average molecular weight is 457 g/mol. The van der Waals surface area contributed by atoms with Crippen LogP contribution in [0.4, 0.5) is 0 Å². The molecule has 1 fully saturated rings. The molecule has 176 valence electrons. The summed E-state index contributed by atoms with van der Waals surface area (Å²) in [5, 5.41) is 0. The molecule has 5 heteroatoms. The summed E-state index contributed by atoms with van der Waals surface area (Å²) in [7, 11) is 0. The fourth-order valence-electron chi connectivity index (χ4n) is 5.66. The van der Waals surface area contributed by atoms with Crippen LogP contribution in [0, 0.1) is 11.8 Å². The van der Waals surface area contributed by atoms with E-state index in [9.17, 15) is 9.59 Å². The molecular formula is C29H32N2O3. The fraction of sp³-hybridized carbons (Fsp3) is 0.448. The van der Waals surface area contributed by atoms with Crippen LogP contribution in [-0.4, -0.2) is 52.5 Å². The maximum absolute atomic E-state index is 13.1. The second kappa shape index (κ2) is 8.69. The van der Waals surface area contributed by atoms with E-state index in [0.717, 1.165) is 32.2 Å². The SMILES string of the molecule is CC1(C)CCC[C@](C)(C#CCN2CCc3ccccc3[C@H]2CN2C(=O)c3ccccc3C2=O)O1. The summed E-state index contributed by atoms with van der Waals surface area (Å²) in [5.74, 6) is 6.38. The van der Waals surface area contributed by atoms with Crippen LogP contribution in [-0.2, 0) is 11.2 Å². The van der Waals surface area contributed by atoms with Gasteiger partial charge >= 0.3 is 0 Å². The number of carbonyl (C=O) groups is 2. The smallest absolute Gasteiger partial charge is 0.261 e. The highest BCUT2D eigenvalue weighted by Gasteiger charge is 2.39. The van der Waals surface area contributed by atoms with Gasteiger partial charge in [-0.15, -0.1) is 0 Å². The number of nitrogens with zero attached hydrogens (tertiary/aromatic N) is 2. The lowest BCUT2D eigenvalue weighted by atomic mass is 9.88. The third kappa shape index (κ3) is 4.29. The molecule has 0 unspecified atom stereocenters. The highest BCUT2D eigenvalue weighted by Crippen LogP contribution is 2.35. The van der Waals surface area contributed by atoms with Gasteiger partial charge in [-0.1, -0.05) is 48.2 Å². The van der Waals surface area contributed by atoms with Gasteiger partial charge in [-0.3, -0.25) is 19.4 Å². The van der Waals surface area contributed by atoms with E-state index >= 15 is 0 Å². The summed E-state index contributed by atoms with van der Waals surface area (Å²) in [4.78, 5) is 29.8. The van der Waals surface area contributed by atoms with E-state index in [0.29, 0.717) is 24.2 Å². The summed E-state index contributed by atoms with van der Waals surface area (Å²) < 4.78 is 6.32. The number of ether oxygens (including phenoxy) is 1. The van der Waals surface area contributed by atoms with Crippen molar-refractivity contribution in [2.75, 3.05) is 19.6 Å². The molecule has 3 aliphatic heterocycles. The maximum atomic E-state index is 13.1. The minimum absolute atomic E-state index is 0.0852. The Morgan fingerprint density at radius 3 is 2.35 bits per heavy atom. The molecule has 0 radical (unpaired) electrons. The predicted molar refractivity (Wildman–Crippen MR) is 131 cm³/mol. The zero-order valence-corrected chi connectivity index (χ0v) is 20.3. The third-order valence-corrected chi connectivity index (χ3v) is 7.33. The normalized spacial score (nSPS) is 26.0. The first-order valence-electron chi connectivity index (χ1n) is 12.2. The molecule has 34 heavy (non-hydrogen) atoms. The minimum Gasteiger partial charge on any atom is -0.357 e. The van der Waals surface area contributed by atoms with Crippen molar-refractivity contribution < 1.29 is 14.3 Å². The van der Waals surface area contributed by atoms with Crippen LogP contribution in [0.15, 0.2) is 48.5 Å². The number of rotatable bonds is 3. The molecule has 0 aromatic heterocycles. The monoisotopic (exact) mass is 456 g/mol. The second-order valence-electron chi connectivity index (χ2n) is 10.4. The van der Waals surface area contributed by atoms with Gasteiger partial charge in [0.2, 0.25) is 0 Å². The highest BCUT2D eigenvalue weighted by atomic mass is 16.5. The molecule has 2 aromatic rings. The highest BCUT2D eigenvalue weighted by molar-refractivity contribution is 6.21. The summed E-state index contributed by atoms with van der Waals surface area (Å²) in [6, 6.07) is 15.3. The Bertz CT molecular complexity index is 1160. The standard InChI is InChI=1S/C29H32N2O3/c1-28(2)15-8-16-29(3,34-28)17-9-18-30-19-14-21-10-4-5-11-22(21)25(30)20-31-26(32)23-12-6-7-13-24(23)27(31)33/h4-7,10-13,25H,8,14-16,18-20H2,1-3H3/t25-,29-/m1/s1. The van der Waals surface area contributed by atoms with Crippen LogP contribution in [0.2, 0.25) is 0 Å². The zero-order valence-electron chi connectivity index (χ0n) is 20.3. The number of benzene rings is 2. The maximum Gasteiger partial charge on any atom is 0.261 e. The van der Waals surface area contributed by atoms with Crippen molar-refractivity contribution in [2.24, 2.45) is 0 Å². The summed E-state index contributed by atoms with van der Waals surface area (Å²) in [6.45, 7) is 8.08. The van der Waals surface area contributed by atoms with Crippen molar-refractivity contribution in [1.29, 1.82) is 0 Å². The number of carbonyl (C=O) groups excluding carboxylic acids is 2. The van der Waals surface area contributed by atoms with E-state index in [1.807, 2.05) is 6.07 Å². The Labute approximate surface area is 202 Å². The molecule has 0 spiro atoms. The van der Waals surface area contributed by atoms with E-state index in [4.69, 9.17) is 4.74 Å². The lowest BCUT2D eigenvalue weighted by molar-refractivity contribution is -0.135. The van der Waals surface area contributed by atoms with Gasteiger partial charge < -0.3 is 4.74 Å². The molecule has 0 N–H and O–H groups in total. The van der Waals surface area contributed by atoms with E-state index in [1.54, 1.807) is 24.3 Å². The largest absolute Gasteiger partial charge is 0.357 e. The first kappa shape index (κ1) is 22.8. The molecule has 2 amide bonds. The molecule has 5 rings (SSSR count). The molecule has 0 saturated carbocycles. The lowest BCUT2D eigenvalue weighted by Gasteiger charge is -2.40. The summed E-state index contributed by atoms with van der Waals surface area (Å²) >= 11 is 0. The molecular weight excluding hydrogens is 424 g/mol. The van der Waals surface area contributed by atoms with Crippen LogP contribution in [0.5, 0.6) is 0 Å². The first-order chi connectivity index (χ1) is 16.3. The molecule has 3 aliphatic rings. The summed E-state index contributed by atoms with van der Waals surface area (Å²) in [6.07, 6.45) is 4.02. The van der Waals surface area contributed by atoms with Gasteiger partial charge in [0.25, 0.3) is 11.8 Å². The minimum atomic E-state index is -0.437. The van der Waals surface area contributed by atoms with Crippen molar-refractivity contribution >= 4 is 11.8 Å². The molecule has 5 nitrogen and oxygen atoms in total. The van der Waals surface area contributed by atoms with E-state index < -0.39 is 5.60 Å². The molecule has 2 aromatic carbocycles. The van der Waals surface area contributed by atoms with E-state index in [1.165, 1.54) is 16.0 Å². The molecule has 0 bridgehead atoms. The van der Waals surface area contributed by atoms with Crippen molar-refractivity contribution in [3.05, 3.63) is 70.8 Å². The second-order valence-corrected chi connectivity index (χ2v) is 10.4. The van der Waals surface area contributed by atoms with E-state index in [2.05, 4.69) is 55.7 Å². The third-order valence-electron chi connectivity index (χ3n) is 7.33. The lowest BCUT2D eigenvalue weighted by Crippen LogP contribution is -2.44.